The molecule has 1 heterocycles. The minimum Gasteiger partial charge on any atom is -0.508 e. The molecule has 0 unspecified atom stereocenters. The molecule has 20 heavy (non-hydrogen) atoms. The van der Waals surface area contributed by atoms with Crippen molar-refractivity contribution in [2.24, 2.45) is 7.05 Å². The van der Waals surface area contributed by atoms with E-state index in [4.69, 9.17) is 0 Å². The van der Waals surface area contributed by atoms with E-state index in [2.05, 4.69) is 30.3 Å². The molecule has 0 saturated carbocycles. The van der Waals surface area contributed by atoms with E-state index in [-0.39, 0.29) is 12.4 Å². The fourth-order valence-corrected chi connectivity index (χ4v) is 1.96. The van der Waals surface area contributed by atoms with Crippen LogP contribution in [0.25, 0.3) is 0 Å². The first-order chi connectivity index (χ1) is 9.08. The smallest absolute Gasteiger partial charge is 0.120 e. The zero-order valence-electron chi connectivity index (χ0n) is 12.1. The Labute approximate surface area is 126 Å². The summed E-state index contributed by atoms with van der Waals surface area (Å²) in [6, 6.07) is 9.51. The lowest BCUT2D eigenvalue weighted by atomic mass is 10.1. The molecule has 0 fully saturated rings. The van der Waals surface area contributed by atoms with Gasteiger partial charge in [0.25, 0.3) is 0 Å². The molecule has 110 valence electrons. The van der Waals surface area contributed by atoms with Gasteiger partial charge in [-0.3, -0.25) is 4.68 Å². The first-order valence-corrected chi connectivity index (χ1v) is 6.58. The number of nitrogens with one attached hydrogen (secondary N) is 1. The molecule has 0 spiro atoms. The molecule has 4 nitrogen and oxygen atoms in total. The van der Waals surface area contributed by atoms with Crippen molar-refractivity contribution in [2.75, 3.05) is 0 Å². The van der Waals surface area contributed by atoms with Gasteiger partial charge in [-0.1, -0.05) is 32.0 Å². The maximum atomic E-state index is 9.68. The minimum atomic E-state index is 0. The number of hydrogen-bond acceptors (Lipinski definition) is 3. The minimum absolute atomic E-state index is 0. The van der Waals surface area contributed by atoms with Gasteiger partial charge in [0, 0.05) is 25.7 Å². The van der Waals surface area contributed by atoms with E-state index in [0.717, 1.165) is 23.5 Å². The largest absolute Gasteiger partial charge is 0.508 e. The number of aryl methyl sites for hydroxylation is 1. The van der Waals surface area contributed by atoms with Crippen molar-refractivity contribution in [3.63, 3.8) is 0 Å². The summed E-state index contributed by atoms with van der Waals surface area (Å²) in [5, 5.41) is 17.5. The lowest BCUT2D eigenvalue weighted by molar-refractivity contribution is 0.464. The van der Waals surface area contributed by atoms with Crippen molar-refractivity contribution in [3.05, 3.63) is 47.3 Å². The summed E-state index contributed by atoms with van der Waals surface area (Å²) in [7, 11) is 1.96. The van der Waals surface area contributed by atoms with Crippen LogP contribution in [-0.4, -0.2) is 14.9 Å². The van der Waals surface area contributed by atoms with Gasteiger partial charge in [0.2, 0.25) is 0 Å². The number of benzene rings is 1. The molecule has 0 aliphatic rings. The molecule has 0 radical (unpaired) electrons. The zero-order valence-corrected chi connectivity index (χ0v) is 12.9. The Kier molecular flexibility index (Phi) is 6.05. The van der Waals surface area contributed by atoms with Gasteiger partial charge in [-0.05, 0) is 18.1 Å². The van der Waals surface area contributed by atoms with Crippen LogP contribution in [0.5, 0.6) is 5.75 Å². The average molecular weight is 296 g/mol. The topological polar surface area (TPSA) is 50.1 Å². The second-order valence-electron chi connectivity index (χ2n) is 5.07. The SMILES string of the molecule is CC(C)c1cc(CNCc2ccccc2O)n(C)n1.Cl. The Morgan fingerprint density at radius 3 is 2.55 bits per heavy atom. The maximum absolute atomic E-state index is 9.68. The van der Waals surface area contributed by atoms with Crippen molar-refractivity contribution in [2.45, 2.75) is 32.9 Å². The number of hydrogen-bond donors (Lipinski definition) is 2. The van der Waals surface area contributed by atoms with Gasteiger partial charge in [-0.15, -0.1) is 12.4 Å². The average Bonchev–Trinajstić information content (AvgIpc) is 2.74. The van der Waals surface area contributed by atoms with E-state index in [1.54, 1.807) is 6.07 Å². The molecule has 0 bridgehead atoms. The Balaban J connectivity index is 0.00000200. The number of halogens is 1. The quantitative estimate of drug-likeness (QED) is 0.891. The van der Waals surface area contributed by atoms with E-state index in [1.165, 1.54) is 0 Å². The molecule has 0 amide bonds. The first kappa shape index (κ1) is 16.5. The highest BCUT2D eigenvalue weighted by atomic mass is 35.5. The number of phenols is 1. The molecular formula is C15H22ClN3O. The standard InChI is InChI=1S/C15H21N3O.ClH/c1-11(2)14-8-13(18(3)17-14)10-16-9-12-6-4-5-7-15(12)19;/h4-8,11,16,19H,9-10H2,1-3H3;1H. The van der Waals surface area contributed by atoms with E-state index in [9.17, 15) is 5.11 Å². The van der Waals surface area contributed by atoms with Crippen molar-refractivity contribution in [1.82, 2.24) is 15.1 Å². The number of phenolic OH excluding ortho intramolecular Hbond substituents is 1. The van der Waals surface area contributed by atoms with Crippen LogP contribution in [-0.2, 0) is 20.1 Å². The summed E-state index contributed by atoms with van der Waals surface area (Å²) < 4.78 is 1.91. The molecule has 2 rings (SSSR count). The van der Waals surface area contributed by atoms with Crippen molar-refractivity contribution in [3.8, 4) is 5.75 Å². The zero-order chi connectivity index (χ0) is 13.8. The molecule has 0 saturated heterocycles. The second kappa shape index (κ2) is 7.31. The fraction of sp³-hybridized carbons (Fsp3) is 0.400. The number of aromatic hydroxyl groups is 1. The Hall–Kier alpha value is -1.52. The van der Waals surface area contributed by atoms with Crippen LogP contribution >= 0.6 is 12.4 Å². The van der Waals surface area contributed by atoms with Crippen LogP contribution < -0.4 is 5.32 Å². The van der Waals surface area contributed by atoms with Crippen molar-refractivity contribution >= 4 is 12.4 Å². The predicted octanol–water partition coefficient (Wildman–Crippen LogP) is 2.96. The summed E-state index contributed by atoms with van der Waals surface area (Å²) in [5.74, 6) is 0.779. The van der Waals surface area contributed by atoms with E-state index in [1.807, 2.05) is 29.9 Å². The summed E-state index contributed by atoms with van der Waals surface area (Å²) in [6.45, 7) is 5.67. The van der Waals surface area contributed by atoms with Crippen LogP contribution in [0.15, 0.2) is 30.3 Å². The molecule has 1 aromatic heterocycles. The third-order valence-electron chi connectivity index (χ3n) is 3.20. The monoisotopic (exact) mass is 295 g/mol. The number of nitrogens with zero attached hydrogens (tertiary/aromatic N) is 2. The van der Waals surface area contributed by atoms with E-state index >= 15 is 0 Å². The van der Waals surface area contributed by atoms with E-state index < -0.39 is 0 Å². The van der Waals surface area contributed by atoms with Gasteiger partial charge >= 0.3 is 0 Å². The van der Waals surface area contributed by atoms with Crippen LogP contribution in [0.4, 0.5) is 0 Å². The third-order valence-corrected chi connectivity index (χ3v) is 3.20. The van der Waals surface area contributed by atoms with Crippen LogP contribution in [0.1, 0.15) is 36.7 Å². The van der Waals surface area contributed by atoms with Gasteiger partial charge in [0.1, 0.15) is 5.75 Å². The van der Waals surface area contributed by atoms with Gasteiger partial charge in [-0.25, -0.2) is 0 Å². The van der Waals surface area contributed by atoms with Crippen LogP contribution in [0.2, 0.25) is 0 Å². The number of aromatic nitrogens is 2. The predicted molar refractivity (Wildman–Crippen MR) is 83.2 cm³/mol. The van der Waals surface area contributed by atoms with Gasteiger partial charge in [0.15, 0.2) is 0 Å². The summed E-state index contributed by atoms with van der Waals surface area (Å²) in [5.41, 5.74) is 3.18. The lowest BCUT2D eigenvalue weighted by Gasteiger charge is -2.06. The molecule has 0 aliphatic heterocycles. The molecule has 5 heteroatoms. The summed E-state index contributed by atoms with van der Waals surface area (Å²) in [4.78, 5) is 0. The molecular weight excluding hydrogens is 274 g/mol. The van der Waals surface area contributed by atoms with Gasteiger partial charge < -0.3 is 10.4 Å². The Morgan fingerprint density at radius 1 is 1.25 bits per heavy atom. The van der Waals surface area contributed by atoms with Crippen LogP contribution in [0.3, 0.4) is 0 Å². The highest BCUT2D eigenvalue weighted by Gasteiger charge is 2.08. The second-order valence-corrected chi connectivity index (χ2v) is 5.07. The fourth-order valence-electron chi connectivity index (χ4n) is 1.96. The van der Waals surface area contributed by atoms with Gasteiger partial charge in [-0.2, -0.15) is 5.10 Å². The Bertz CT molecular complexity index is 552. The van der Waals surface area contributed by atoms with Gasteiger partial charge in [0.05, 0.1) is 11.4 Å². The van der Waals surface area contributed by atoms with E-state index in [0.29, 0.717) is 18.2 Å². The lowest BCUT2D eigenvalue weighted by Crippen LogP contribution is -2.15. The van der Waals surface area contributed by atoms with Crippen molar-refractivity contribution < 1.29 is 5.11 Å². The van der Waals surface area contributed by atoms with Crippen LogP contribution in [0, 0.1) is 0 Å². The highest BCUT2D eigenvalue weighted by molar-refractivity contribution is 5.85. The normalized spacial score (nSPS) is 10.6. The Morgan fingerprint density at radius 2 is 1.95 bits per heavy atom. The maximum Gasteiger partial charge on any atom is 0.120 e. The summed E-state index contributed by atoms with van der Waals surface area (Å²) in [6.07, 6.45) is 0. The third kappa shape index (κ3) is 3.99. The molecule has 2 aromatic rings. The highest BCUT2D eigenvalue weighted by Crippen LogP contribution is 2.16. The summed E-state index contributed by atoms with van der Waals surface area (Å²) >= 11 is 0. The molecule has 1 aromatic carbocycles. The molecule has 0 aliphatic carbocycles. The number of para-hydroxylation sites is 1. The number of rotatable bonds is 5. The first-order valence-electron chi connectivity index (χ1n) is 6.58. The molecule has 0 atom stereocenters. The molecule has 2 N–H and O–H groups in total. The van der Waals surface area contributed by atoms with Crippen molar-refractivity contribution in [1.29, 1.82) is 0 Å².